The zero-order valence-corrected chi connectivity index (χ0v) is 36.0. The van der Waals surface area contributed by atoms with Crippen molar-refractivity contribution < 1.29 is 21.5 Å². The molecule has 0 radical (unpaired) electrons. The highest BCUT2D eigenvalue weighted by Crippen LogP contribution is 2.27. The quantitative estimate of drug-likeness (QED) is 0.0333. The Balaban J connectivity index is 0. The molecule has 48 heavy (non-hydrogen) atoms. The summed E-state index contributed by atoms with van der Waals surface area (Å²) in [7, 11) is 0. The van der Waals surface area contributed by atoms with E-state index in [9.17, 15) is 0 Å². The molecule has 0 fully saturated rings. The smallest absolute Gasteiger partial charge is 0.108 e. The molecule has 0 heterocycles. The number of rotatable bonds is 40. The maximum atomic E-state index is 2.80. The Kier molecular flexibility index (Phi) is 43.6. The molecule has 0 aromatic rings. The molecule has 1 nitrogen and oxygen atoms in total. The van der Waals surface area contributed by atoms with E-state index in [1.54, 1.807) is 0 Å². The van der Waals surface area contributed by atoms with Crippen LogP contribution in [0.3, 0.4) is 0 Å². The van der Waals surface area contributed by atoms with E-state index in [4.69, 9.17) is 0 Å². The second kappa shape index (κ2) is 41.6. The van der Waals surface area contributed by atoms with Crippen molar-refractivity contribution in [2.75, 3.05) is 19.6 Å². The molecule has 290 valence electrons. The second-order valence-electron chi connectivity index (χ2n) is 15.9. The lowest BCUT2D eigenvalue weighted by atomic mass is 9.97. The van der Waals surface area contributed by atoms with Crippen LogP contribution in [-0.2, 0) is 0 Å². The van der Waals surface area contributed by atoms with Gasteiger partial charge in [0.05, 0.1) is 19.6 Å². The third-order valence-electron chi connectivity index (χ3n) is 11.3. The standard InChI is InChI=1S/C46H94N.BrH/c1-6-11-16-21-25-26-27-28-29-30-32-37-42-46(41-36-31-20-15-10-5)47(43-38-33-22-17-12-7-2,44-39-34-23-18-13-8-3)45-40-35-24-19-14-9-4;/h37,42,46H,6-36,38-41,43-45H2,1-5H3;1H/q+1;/p-1. The van der Waals surface area contributed by atoms with Crippen molar-refractivity contribution in [2.45, 2.75) is 265 Å². The van der Waals surface area contributed by atoms with Gasteiger partial charge in [-0.25, -0.2) is 0 Å². The van der Waals surface area contributed by atoms with Crippen molar-refractivity contribution in [3.8, 4) is 0 Å². The molecule has 0 aliphatic carbocycles. The Hall–Kier alpha value is 0.180. The lowest BCUT2D eigenvalue weighted by molar-refractivity contribution is -0.946. The number of unbranched alkanes of at least 4 members (excludes halogenated alkanes) is 29. The fourth-order valence-corrected chi connectivity index (χ4v) is 7.97. The van der Waals surface area contributed by atoms with Gasteiger partial charge in [0, 0.05) is 6.42 Å². The minimum atomic E-state index is 0. The zero-order chi connectivity index (χ0) is 34.4. The van der Waals surface area contributed by atoms with Gasteiger partial charge in [-0.3, -0.25) is 0 Å². The molecule has 0 amide bonds. The Morgan fingerprint density at radius 3 is 0.938 bits per heavy atom. The number of allylic oxidation sites excluding steroid dienone is 1. The molecule has 2 heteroatoms. The van der Waals surface area contributed by atoms with E-state index in [-0.39, 0.29) is 17.0 Å². The van der Waals surface area contributed by atoms with Crippen LogP contribution in [0.25, 0.3) is 0 Å². The van der Waals surface area contributed by atoms with Gasteiger partial charge in [0.15, 0.2) is 0 Å². The van der Waals surface area contributed by atoms with Crippen LogP contribution in [0.1, 0.15) is 259 Å². The first kappa shape index (κ1) is 50.3. The highest BCUT2D eigenvalue weighted by molar-refractivity contribution is 4.91. The average molecular weight is 741 g/mol. The SMILES string of the molecule is CCCCCCCCCCCCC=CC(CCCCCCC)[N+](CCCCCCCC)(CCCCCCCC)CCCCCCCC.[Br-]. The Morgan fingerprint density at radius 1 is 0.333 bits per heavy atom. The van der Waals surface area contributed by atoms with Gasteiger partial charge in [-0.15, -0.1) is 0 Å². The molecular formula is C46H94BrN. The maximum absolute atomic E-state index is 2.80. The number of quaternary nitrogens is 1. The largest absolute Gasteiger partial charge is 1.00 e. The van der Waals surface area contributed by atoms with Gasteiger partial charge in [-0.2, -0.15) is 0 Å². The van der Waals surface area contributed by atoms with Crippen molar-refractivity contribution in [2.24, 2.45) is 0 Å². The van der Waals surface area contributed by atoms with Crippen LogP contribution in [0.5, 0.6) is 0 Å². The van der Waals surface area contributed by atoms with Gasteiger partial charge in [0.25, 0.3) is 0 Å². The predicted molar refractivity (Wildman–Crippen MR) is 218 cm³/mol. The lowest BCUT2D eigenvalue weighted by Gasteiger charge is -2.45. The molecule has 1 atom stereocenters. The molecule has 0 rings (SSSR count). The number of halogens is 1. The lowest BCUT2D eigenvalue weighted by Crippen LogP contribution is -3.00. The summed E-state index contributed by atoms with van der Waals surface area (Å²) in [4.78, 5) is 0. The first-order valence-corrected chi connectivity index (χ1v) is 22.7. The summed E-state index contributed by atoms with van der Waals surface area (Å²) in [5.74, 6) is 0. The van der Waals surface area contributed by atoms with Crippen LogP contribution in [0, 0.1) is 0 Å². The highest BCUT2D eigenvalue weighted by Gasteiger charge is 2.33. The van der Waals surface area contributed by atoms with Crippen molar-refractivity contribution in [3.63, 3.8) is 0 Å². The van der Waals surface area contributed by atoms with Crippen LogP contribution < -0.4 is 17.0 Å². The molecule has 0 spiro atoms. The van der Waals surface area contributed by atoms with Crippen molar-refractivity contribution >= 4 is 0 Å². The molecular weight excluding hydrogens is 646 g/mol. The van der Waals surface area contributed by atoms with Crippen molar-refractivity contribution in [1.82, 2.24) is 0 Å². The third-order valence-corrected chi connectivity index (χ3v) is 11.3. The van der Waals surface area contributed by atoms with Gasteiger partial charge in [0.1, 0.15) is 6.04 Å². The van der Waals surface area contributed by atoms with Crippen LogP contribution in [0.15, 0.2) is 12.2 Å². The van der Waals surface area contributed by atoms with Crippen LogP contribution in [-0.4, -0.2) is 30.2 Å². The highest BCUT2D eigenvalue weighted by atomic mass is 79.9. The molecule has 0 aromatic carbocycles. The van der Waals surface area contributed by atoms with Gasteiger partial charge < -0.3 is 21.5 Å². The fraction of sp³-hybridized carbons (Fsp3) is 0.957. The minimum absolute atomic E-state index is 0. The Morgan fingerprint density at radius 2 is 0.604 bits per heavy atom. The maximum Gasteiger partial charge on any atom is 0.108 e. The first-order valence-electron chi connectivity index (χ1n) is 22.7. The molecule has 0 aliphatic rings. The summed E-state index contributed by atoms with van der Waals surface area (Å²) in [6, 6.07) is 0.752. The minimum Gasteiger partial charge on any atom is -1.00 e. The van der Waals surface area contributed by atoms with E-state index in [0.717, 1.165) is 6.04 Å². The topological polar surface area (TPSA) is 0 Å². The summed E-state index contributed by atoms with van der Waals surface area (Å²) in [6.45, 7) is 16.1. The molecule has 0 aromatic heterocycles. The van der Waals surface area contributed by atoms with E-state index in [1.165, 1.54) is 249 Å². The van der Waals surface area contributed by atoms with E-state index in [2.05, 4.69) is 46.8 Å². The summed E-state index contributed by atoms with van der Waals surface area (Å²) in [6.07, 6.45) is 55.6. The van der Waals surface area contributed by atoms with Crippen LogP contribution in [0.2, 0.25) is 0 Å². The van der Waals surface area contributed by atoms with Crippen LogP contribution >= 0.6 is 0 Å². The fourth-order valence-electron chi connectivity index (χ4n) is 7.97. The van der Waals surface area contributed by atoms with E-state index >= 15 is 0 Å². The number of hydrogen-bond donors (Lipinski definition) is 0. The zero-order valence-electron chi connectivity index (χ0n) is 34.4. The van der Waals surface area contributed by atoms with Gasteiger partial charge in [-0.1, -0.05) is 201 Å². The van der Waals surface area contributed by atoms with Crippen molar-refractivity contribution in [3.05, 3.63) is 12.2 Å². The number of nitrogens with zero attached hydrogens (tertiary/aromatic N) is 1. The molecule has 0 saturated carbocycles. The van der Waals surface area contributed by atoms with Crippen molar-refractivity contribution in [1.29, 1.82) is 0 Å². The first-order chi connectivity index (χ1) is 23.2. The molecule has 0 aliphatic heterocycles. The summed E-state index contributed by atoms with van der Waals surface area (Å²) in [5.41, 5.74) is 0. The Labute approximate surface area is 317 Å². The normalized spacial score (nSPS) is 12.6. The number of hydrogen-bond acceptors (Lipinski definition) is 0. The second-order valence-corrected chi connectivity index (χ2v) is 15.9. The average Bonchev–Trinajstić information content (AvgIpc) is 3.08. The molecule has 0 bridgehead atoms. The summed E-state index contributed by atoms with van der Waals surface area (Å²) < 4.78 is 1.43. The molecule has 0 saturated heterocycles. The monoisotopic (exact) mass is 740 g/mol. The van der Waals surface area contributed by atoms with Gasteiger partial charge in [0.2, 0.25) is 0 Å². The van der Waals surface area contributed by atoms with E-state index in [1.807, 2.05) is 0 Å². The van der Waals surface area contributed by atoms with Gasteiger partial charge >= 0.3 is 0 Å². The third kappa shape index (κ3) is 32.1. The summed E-state index contributed by atoms with van der Waals surface area (Å²) in [5, 5.41) is 0. The Bertz CT molecular complexity index is 560. The van der Waals surface area contributed by atoms with E-state index < -0.39 is 0 Å². The molecule has 0 N–H and O–H groups in total. The van der Waals surface area contributed by atoms with Crippen LogP contribution in [0.4, 0.5) is 0 Å². The predicted octanol–water partition coefficient (Wildman–Crippen LogP) is 13.5. The van der Waals surface area contributed by atoms with E-state index in [0.29, 0.717) is 0 Å². The molecule has 1 unspecified atom stereocenters. The van der Waals surface area contributed by atoms with Gasteiger partial charge in [-0.05, 0) is 63.9 Å². The summed E-state index contributed by atoms with van der Waals surface area (Å²) >= 11 is 0.